The van der Waals surface area contributed by atoms with Crippen molar-refractivity contribution in [1.29, 1.82) is 0 Å². The summed E-state index contributed by atoms with van der Waals surface area (Å²) in [6.07, 6.45) is 2.47. The van der Waals surface area contributed by atoms with Crippen LogP contribution in [0, 0.1) is 5.92 Å². The maximum Gasteiger partial charge on any atom is 0.248 e. The Hall–Kier alpha value is -1.61. The van der Waals surface area contributed by atoms with Crippen molar-refractivity contribution in [3.63, 3.8) is 0 Å². The molecule has 18 heavy (non-hydrogen) atoms. The molecule has 3 heteroatoms. The second-order valence-corrected chi connectivity index (χ2v) is 5.31. The molecule has 1 aromatic carbocycles. The molecule has 0 saturated carbocycles. The van der Waals surface area contributed by atoms with E-state index in [-0.39, 0.29) is 5.56 Å². The van der Waals surface area contributed by atoms with E-state index in [2.05, 4.69) is 29.4 Å². The first-order chi connectivity index (χ1) is 8.72. The van der Waals surface area contributed by atoms with Crippen LogP contribution in [0.25, 0.3) is 10.9 Å². The van der Waals surface area contributed by atoms with Gasteiger partial charge < -0.3 is 10.3 Å². The molecule has 3 nitrogen and oxygen atoms in total. The summed E-state index contributed by atoms with van der Waals surface area (Å²) < 4.78 is 0. The summed E-state index contributed by atoms with van der Waals surface area (Å²) in [6.45, 7) is 3.38. The topological polar surface area (TPSA) is 44.9 Å². The molecule has 94 valence electrons. The minimum Gasteiger partial charge on any atom is -0.322 e. The molecule has 1 fully saturated rings. The van der Waals surface area contributed by atoms with Crippen molar-refractivity contribution in [1.82, 2.24) is 10.3 Å². The highest BCUT2D eigenvalue weighted by atomic mass is 16.1. The molecule has 2 heterocycles. The number of aromatic nitrogens is 1. The Morgan fingerprint density at radius 2 is 2.06 bits per heavy atom. The van der Waals surface area contributed by atoms with Gasteiger partial charge >= 0.3 is 0 Å². The Bertz CT molecular complexity index is 609. The number of rotatable bonds is 1. The lowest BCUT2D eigenvalue weighted by Gasteiger charge is -2.28. The van der Waals surface area contributed by atoms with Crippen LogP contribution in [0.2, 0.25) is 0 Å². The van der Waals surface area contributed by atoms with E-state index in [1.807, 2.05) is 12.1 Å². The Morgan fingerprint density at radius 3 is 2.83 bits per heavy atom. The number of piperidine rings is 1. The molecule has 2 unspecified atom stereocenters. The smallest absolute Gasteiger partial charge is 0.248 e. The lowest BCUT2D eigenvalue weighted by atomic mass is 9.91. The molecule has 3 rings (SSSR count). The van der Waals surface area contributed by atoms with Crippen LogP contribution in [-0.4, -0.2) is 11.5 Å². The number of nitrogens with one attached hydrogen (secondary N) is 2. The van der Waals surface area contributed by atoms with Gasteiger partial charge in [0, 0.05) is 17.6 Å². The molecule has 0 amide bonds. The van der Waals surface area contributed by atoms with Gasteiger partial charge in [0.25, 0.3) is 0 Å². The number of aromatic amines is 1. The standard InChI is InChI=1S/C15H18N2O/c1-10-2-5-13(16-9-10)11-3-6-14-12(8-11)4-7-15(18)17-14/h3-4,6-8,10,13,16H,2,5,9H2,1H3,(H,17,18). The van der Waals surface area contributed by atoms with Crippen LogP contribution in [0.3, 0.4) is 0 Å². The predicted molar refractivity (Wildman–Crippen MR) is 73.7 cm³/mol. The molecule has 2 aromatic rings. The van der Waals surface area contributed by atoms with Crippen molar-refractivity contribution >= 4 is 10.9 Å². The average Bonchev–Trinajstić information content (AvgIpc) is 2.39. The molecule has 1 aromatic heterocycles. The largest absolute Gasteiger partial charge is 0.322 e. The number of pyridine rings is 1. The Morgan fingerprint density at radius 1 is 1.17 bits per heavy atom. The van der Waals surface area contributed by atoms with Gasteiger partial charge in [-0.25, -0.2) is 0 Å². The summed E-state index contributed by atoms with van der Waals surface area (Å²) in [7, 11) is 0. The van der Waals surface area contributed by atoms with Crippen LogP contribution < -0.4 is 10.9 Å². The van der Waals surface area contributed by atoms with Gasteiger partial charge in [-0.05, 0) is 54.5 Å². The number of hydrogen-bond acceptors (Lipinski definition) is 2. The number of benzene rings is 1. The summed E-state index contributed by atoms with van der Waals surface area (Å²) in [6, 6.07) is 10.2. The number of H-pyrrole nitrogens is 1. The molecule has 2 atom stereocenters. The van der Waals surface area contributed by atoms with Crippen LogP contribution in [-0.2, 0) is 0 Å². The predicted octanol–water partition coefficient (Wildman–Crippen LogP) is 2.59. The maximum absolute atomic E-state index is 11.2. The van der Waals surface area contributed by atoms with E-state index >= 15 is 0 Å². The molecule has 0 spiro atoms. The van der Waals surface area contributed by atoms with Crippen LogP contribution in [0.1, 0.15) is 31.4 Å². The minimum atomic E-state index is -0.0418. The summed E-state index contributed by atoms with van der Waals surface area (Å²) in [5, 5.41) is 4.69. The molecule has 1 aliphatic heterocycles. The lowest BCUT2D eigenvalue weighted by Crippen LogP contribution is -2.31. The lowest BCUT2D eigenvalue weighted by molar-refractivity contribution is 0.333. The van der Waals surface area contributed by atoms with Crippen LogP contribution in [0.5, 0.6) is 0 Å². The fraction of sp³-hybridized carbons (Fsp3) is 0.400. The van der Waals surface area contributed by atoms with Crippen LogP contribution in [0.4, 0.5) is 0 Å². The fourth-order valence-electron chi connectivity index (χ4n) is 2.67. The maximum atomic E-state index is 11.2. The molecule has 0 aliphatic carbocycles. The second kappa shape index (κ2) is 4.58. The van der Waals surface area contributed by atoms with Gasteiger partial charge in [0.2, 0.25) is 5.56 Å². The summed E-state index contributed by atoms with van der Waals surface area (Å²) in [5.41, 5.74) is 2.19. The van der Waals surface area contributed by atoms with Gasteiger partial charge in [-0.2, -0.15) is 0 Å². The normalized spacial score (nSPS) is 24.3. The van der Waals surface area contributed by atoms with Crippen molar-refractivity contribution in [3.05, 3.63) is 46.2 Å². The van der Waals surface area contributed by atoms with Crippen molar-refractivity contribution in [2.24, 2.45) is 5.92 Å². The number of fused-ring (bicyclic) bond motifs is 1. The molecular weight excluding hydrogens is 224 g/mol. The van der Waals surface area contributed by atoms with E-state index in [9.17, 15) is 4.79 Å². The van der Waals surface area contributed by atoms with Gasteiger partial charge in [-0.3, -0.25) is 4.79 Å². The zero-order valence-corrected chi connectivity index (χ0v) is 10.6. The third kappa shape index (κ3) is 2.18. The molecule has 1 saturated heterocycles. The van der Waals surface area contributed by atoms with E-state index in [4.69, 9.17) is 0 Å². The minimum absolute atomic E-state index is 0.0418. The van der Waals surface area contributed by atoms with Crippen LogP contribution >= 0.6 is 0 Å². The first-order valence-electron chi connectivity index (χ1n) is 6.59. The zero-order chi connectivity index (χ0) is 12.5. The van der Waals surface area contributed by atoms with Gasteiger partial charge in [0.15, 0.2) is 0 Å². The highest BCUT2D eigenvalue weighted by Crippen LogP contribution is 2.27. The summed E-state index contributed by atoms with van der Waals surface area (Å²) in [5.74, 6) is 0.776. The average molecular weight is 242 g/mol. The summed E-state index contributed by atoms with van der Waals surface area (Å²) in [4.78, 5) is 14.1. The SMILES string of the molecule is CC1CCC(c2ccc3[nH]c(=O)ccc3c2)NC1. The molecule has 0 bridgehead atoms. The Labute approximate surface area is 106 Å². The molecular formula is C15H18N2O. The first kappa shape index (κ1) is 11.5. The van der Waals surface area contributed by atoms with Crippen molar-refractivity contribution in [2.75, 3.05) is 6.54 Å². The van der Waals surface area contributed by atoms with Gasteiger partial charge in [-0.15, -0.1) is 0 Å². The Balaban J connectivity index is 1.93. The highest BCUT2D eigenvalue weighted by Gasteiger charge is 2.18. The molecule has 1 aliphatic rings. The van der Waals surface area contributed by atoms with E-state index in [0.29, 0.717) is 6.04 Å². The first-order valence-corrected chi connectivity index (χ1v) is 6.59. The second-order valence-electron chi connectivity index (χ2n) is 5.31. The zero-order valence-electron chi connectivity index (χ0n) is 10.6. The number of hydrogen-bond donors (Lipinski definition) is 2. The Kier molecular flexibility index (Phi) is 2.92. The molecule has 2 N–H and O–H groups in total. The van der Waals surface area contributed by atoms with Crippen molar-refractivity contribution in [2.45, 2.75) is 25.8 Å². The van der Waals surface area contributed by atoms with E-state index in [1.165, 1.54) is 18.4 Å². The quantitative estimate of drug-likeness (QED) is 0.807. The van der Waals surface area contributed by atoms with Crippen LogP contribution in [0.15, 0.2) is 35.1 Å². The fourth-order valence-corrected chi connectivity index (χ4v) is 2.67. The van der Waals surface area contributed by atoms with E-state index in [1.54, 1.807) is 6.07 Å². The third-order valence-electron chi connectivity index (χ3n) is 3.81. The molecule has 0 radical (unpaired) electrons. The highest BCUT2D eigenvalue weighted by molar-refractivity contribution is 5.79. The van der Waals surface area contributed by atoms with E-state index in [0.717, 1.165) is 23.4 Å². The van der Waals surface area contributed by atoms with Crippen molar-refractivity contribution < 1.29 is 0 Å². The summed E-state index contributed by atoms with van der Waals surface area (Å²) >= 11 is 0. The van der Waals surface area contributed by atoms with E-state index < -0.39 is 0 Å². The van der Waals surface area contributed by atoms with Gasteiger partial charge in [0.05, 0.1) is 0 Å². The third-order valence-corrected chi connectivity index (χ3v) is 3.81. The van der Waals surface area contributed by atoms with Gasteiger partial charge in [0.1, 0.15) is 0 Å². The van der Waals surface area contributed by atoms with Gasteiger partial charge in [-0.1, -0.05) is 13.0 Å². The van der Waals surface area contributed by atoms with Crippen molar-refractivity contribution in [3.8, 4) is 0 Å². The monoisotopic (exact) mass is 242 g/mol.